The van der Waals surface area contributed by atoms with Crippen molar-refractivity contribution in [2.45, 2.75) is 45.4 Å². The van der Waals surface area contributed by atoms with E-state index in [0.717, 1.165) is 6.42 Å². The highest BCUT2D eigenvalue weighted by Gasteiger charge is 2.54. The van der Waals surface area contributed by atoms with Crippen molar-refractivity contribution in [1.82, 2.24) is 4.90 Å². The Labute approximate surface area is 141 Å². The van der Waals surface area contributed by atoms with Crippen molar-refractivity contribution in [3.8, 4) is 0 Å². The van der Waals surface area contributed by atoms with E-state index in [1.807, 2.05) is 44.1 Å². The van der Waals surface area contributed by atoms with Crippen molar-refractivity contribution in [1.29, 1.82) is 0 Å². The number of rotatable bonds is 1. The van der Waals surface area contributed by atoms with Crippen LogP contribution in [0.2, 0.25) is 0 Å². The fraction of sp³-hybridized carbons (Fsp3) is 0.529. The van der Waals surface area contributed by atoms with E-state index in [9.17, 15) is 4.79 Å². The van der Waals surface area contributed by atoms with Crippen LogP contribution in [0.3, 0.4) is 0 Å². The third-order valence-corrected chi connectivity index (χ3v) is 5.43. The summed E-state index contributed by atoms with van der Waals surface area (Å²) in [7, 11) is 0. The van der Waals surface area contributed by atoms with Crippen LogP contribution in [0.5, 0.6) is 0 Å². The number of thiocarbonyl (C=S) groups is 1. The summed E-state index contributed by atoms with van der Waals surface area (Å²) in [6, 6.07) is 8.41. The number of thioether (sulfide) groups is 1. The molecule has 0 unspecified atom stereocenters. The molecule has 3 rings (SSSR count). The number of benzene rings is 1. The molecular weight excluding hydrogens is 314 g/mol. The minimum Gasteiger partial charge on any atom is -0.473 e. The molecule has 3 atom stereocenters. The molecule has 2 bridgehead atoms. The Morgan fingerprint density at radius 2 is 1.95 bits per heavy atom. The molecule has 2 aliphatic rings. The van der Waals surface area contributed by atoms with Gasteiger partial charge in [0.2, 0.25) is 10.3 Å². The number of hydrogen-bond acceptors (Lipinski definition) is 4. The zero-order chi connectivity index (χ0) is 16.1. The van der Waals surface area contributed by atoms with Crippen LogP contribution < -0.4 is 0 Å². The summed E-state index contributed by atoms with van der Waals surface area (Å²) in [6.45, 7) is 5.92. The van der Waals surface area contributed by atoms with Gasteiger partial charge >= 0.3 is 0 Å². The van der Waals surface area contributed by atoms with E-state index in [1.165, 1.54) is 22.9 Å². The van der Waals surface area contributed by atoms with Crippen molar-refractivity contribution in [3.63, 3.8) is 0 Å². The molecule has 2 heterocycles. The van der Waals surface area contributed by atoms with Gasteiger partial charge in [-0.2, -0.15) is 0 Å². The summed E-state index contributed by atoms with van der Waals surface area (Å²) in [5.41, 5.74) is 2.08. The van der Waals surface area contributed by atoms with Crippen LogP contribution in [-0.4, -0.2) is 27.5 Å². The normalized spacial score (nSPS) is 26.0. The van der Waals surface area contributed by atoms with E-state index in [-0.39, 0.29) is 24.1 Å². The fourth-order valence-corrected chi connectivity index (χ4v) is 3.83. The molecule has 0 spiro atoms. The second-order valence-corrected chi connectivity index (χ2v) is 8.31. The van der Waals surface area contributed by atoms with Crippen LogP contribution in [0, 0.1) is 5.41 Å². The SMILES string of the molecule is CSC(=S)O[C@H]1C[C@@H]2c3ccccc3[C@H]1N2C(=O)C(C)(C)C. The molecule has 1 fully saturated rings. The fourth-order valence-electron chi connectivity index (χ4n) is 3.49. The molecule has 22 heavy (non-hydrogen) atoms. The van der Waals surface area contributed by atoms with Crippen molar-refractivity contribution in [2.75, 3.05) is 6.26 Å². The minimum atomic E-state index is -0.395. The molecule has 1 aromatic carbocycles. The van der Waals surface area contributed by atoms with Gasteiger partial charge < -0.3 is 9.64 Å². The number of carbonyl (C=O) groups is 1. The highest BCUT2D eigenvalue weighted by molar-refractivity contribution is 8.22. The molecule has 0 saturated carbocycles. The van der Waals surface area contributed by atoms with Gasteiger partial charge in [0.15, 0.2) is 0 Å². The second-order valence-electron chi connectivity index (χ2n) is 6.90. The Morgan fingerprint density at radius 1 is 1.32 bits per heavy atom. The van der Waals surface area contributed by atoms with Crippen LogP contribution in [0.15, 0.2) is 24.3 Å². The van der Waals surface area contributed by atoms with E-state index in [1.54, 1.807) is 0 Å². The molecule has 0 aliphatic carbocycles. The molecular formula is C17H21NO2S2. The highest BCUT2D eigenvalue weighted by atomic mass is 32.2. The van der Waals surface area contributed by atoms with Gasteiger partial charge in [-0.1, -0.05) is 56.8 Å². The predicted molar refractivity (Wildman–Crippen MR) is 93.8 cm³/mol. The highest BCUT2D eigenvalue weighted by Crippen LogP contribution is 2.55. The summed E-state index contributed by atoms with van der Waals surface area (Å²) in [6.07, 6.45) is 2.71. The molecule has 1 amide bonds. The zero-order valence-corrected chi connectivity index (χ0v) is 15.0. The van der Waals surface area contributed by atoms with Crippen molar-refractivity contribution in [2.24, 2.45) is 5.41 Å². The average molecular weight is 335 g/mol. The summed E-state index contributed by atoms with van der Waals surface area (Å²) in [5.74, 6) is 0.180. The molecule has 3 nitrogen and oxygen atoms in total. The quantitative estimate of drug-likeness (QED) is 0.723. The summed E-state index contributed by atoms with van der Waals surface area (Å²) >= 11 is 6.66. The van der Waals surface area contributed by atoms with Gasteiger partial charge in [-0.15, -0.1) is 0 Å². The first-order chi connectivity index (χ1) is 10.3. The summed E-state index contributed by atoms with van der Waals surface area (Å²) in [5, 5.41) is 0. The molecule has 118 valence electrons. The number of amides is 1. The molecule has 0 radical (unpaired) electrons. The molecule has 5 heteroatoms. The third kappa shape index (κ3) is 2.44. The molecule has 1 saturated heterocycles. The number of hydrogen-bond donors (Lipinski definition) is 0. The van der Waals surface area contributed by atoms with Gasteiger partial charge in [0, 0.05) is 11.8 Å². The monoisotopic (exact) mass is 335 g/mol. The van der Waals surface area contributed by atoms with Crippen LogP contribution in [0.1, 0.15) is 50.4 Å². The molecule has 0 N–H and O–H groups in total. The Morgan fingerprint density at radius 3 is 2.55 bits per heavy atom. The van der Waals surface area contributed by atoms with Gasteiger partial charge in [-0.05, 0) is 29.6 Å². The van der Waals surface area contributed by atoms with Gasteiger partial charge in [0.1, 0.15) is 6.10 Å². The maximum atomic E-state index is 12.9. The van der Waals surface area contributed by atoms with Crippen LogP contribution in [0.4, 0.5) is 0 Å². The van der Waals surface area contributed by atoms with Gasteiger partial charge in [-0.25, -0.2) is 0 Å². The molecule has 2 aliphatic heterocycles. The van der Waals surface area contributed by atoms with Crippen molar-refractivity contribution < 1.29 is 9.53 Å². The smallest absolute Gasteiger partial charge is 0.229 e. The molecule has 0 aromatic heterocycles. The van der Waals surface area contributed by atoms with E-state index < -0.39 is 5.41 Å². The van der Waals surface area contributed by atoms with Gasteiger partial charge in [-0.3, -0.25) is 4.79 Å². The van der Waals surface area contributed by atoms with E-state index >= 15 is 0 Å². The minimum absolute atomic E-state index is 0.0157. The topological polar surface area (TPSA) is 29.5 Å². The number of ether oxygens (including phenoxy) is 1. The van der Waals surface area contributed by atoms with Crippen LogP contribution >= 0.6 is 24.0 Å². The summed E-state index contributed by atoms with van der Waals surface area (Å²) < 4.78 is 6.50. The first-order valence-corrected chi connectivity index (χ1v) is 9.14. The Hall–Kier alpha value is -1.07. The number of fused-ring (bicyclic) bond motifs is 5. The first-order valence-electron chi connectivity index (χ1n) is 7.50. The average Bonchev–Trinajstić information content (AvgIpc) is 2.98. The number of carbonyl (C=O) groups excluding carboxylic acids is 1. The Kier molecular flexibility index (Phi) is 3.98. The maximum Gasteiger partial charge on any atom is 0.229 e. The lowest BCUT2D eigenvalue weighted by molar-refractivity contribution is -0.142. The lowest BCUT2D eigenvalue weighted by atomic mass is 9.90. The van der Waals surface area contributed by atoms with Gasteiger partial charge in [0.05, 0.1) is 12.1 Å². The zero-order valence-electron chi connectivity index (χ0n) is 13.3. The summed E-state index contributed by atoms with van der Waals surface area (Å²) in [4.78, 5) is 15.0. The van der Waals surface area contributed by atoms with Crippen LogP contribution in [-0.2, 0) is 9.53 Å². The van der Waals surface area contributed by atoms with Crippen LogP contribution in [0.25, 0.3) is 0 Å². The van der Waals surface area contributed by atoms with Crippen molar-refractivity contribution >= 4 is 34.3 Å². The Balaban J connectivity index is 1.97. The maximum absolute atomic E-state index is 12.9. The lowest BCUT2D eigenvalue weighted by Crippen LogP contribution is -2.38. The third-order valence-electron chi connectivity index (χ3n) is 4.41. The van der Waals surface area contributed by atoms with E-state index in [2.05, 4.69) is 12.1 Å². The lowest BCUT2D eigenvalue weighted by Gasteiger charge is -2.30. The molecule has 1 aromatic rings. The second kappa shape index (κ2) is 5.53. The predicted octanol–water partition coefficient (Wildman–Crippen LogP) is 4.09. The largest absolute Gasteiger partial charge is 0.473 e. The van der Waals surface area contributed by atoms with Gasteiger partial charge in [0.25, 0.3) is 0 Å². The number of nitrogens with zero attached hydrogens (tertiary/aromatic N) is 1. The van der Waals surface area contributed by atoms with E-state index in [4.69, 9.17) is 17.0 Å². The van der Waals surface area contributed by atoms with E-state index in [0.29, 0.717) is 4.38 Å². The Bertz CT molecular complexity index is 623. The first kappa shape index (κ1) is 15.8. The standard InChI is InChI=1S/C17H21NO2S2/c1-17(2,3)15(19)18-12-9-13(20-16(21)22-4)14(18)11-8-6-5-7-10(11)12/h5-8,12-14H,9H2,1-4H3/t12-,13+,14-/m1/s1. The van der Waals surface area contributed by atoms with Crippen molar-refractivity contribution in [3.05, 3.63) is 35.4 Å².